The molecule has 0 bridgehead atoms. The van der Waals surface area contributed by atoms with Crippen LogP contribution in [0.2, 0.25) is 0 Å². The summed E-state index contributed by atoms with van der Waals surface area (Å²) < 4.78 is 0. The normalized spacial score (nSPS) is 23.5. The molecular weight excluding hydrogens is 274 g/mol. The fraction of sp³-hybridized carbons (Fsp3) is 0.611. The highest BCUT2D eigenvalue weighted by Gasteiger charge is 2.37. The summed E-state index contributed by atoms with van der Waals surface area (Å²) in [5.74, 6) is 0.114. The van der Waals surface area contributed by atoms with Gasteiger partial charge in [0.05, 0.1) is 11.4 Å². The first-order valence-electron chi connectivity index (χ1n) is 8.59. The Hall–Kier alpha value is -1.55. The Bertz CT molecular complexity index is 551. The summed E-state index contributed by atoms with van der Waals surface area (Å²) in [7, 11) is 0. The largest absolute Gasteiger partial charge is 0.356 e. The fourth-order valence-electron chi connectivity index (χ4n) is 3.86. The lowest BCUT2D eigenvalue weighted by Crippen LogP contribution is -2.56. The van der Waals surface area contributed by atoms with Crippen molar-refractivity contribution in [1.29, 1.82) is 0 Å². The number of hydrogen-bond donors (Lipinski definition) is 1. The maximum Gasteiger partial charge on any atom is 0.246 e. The number of anilines is 2. The molecule has 3 rings (SSSR count). The van der Waals surface area contributed by atoms with E-state index in [0.717, 1.165) is 31.7 Å². The van der Waals surface area contributed by atoms with Gasteiger partial charge in [-0.05, 0) is 50.9 Å². The number of amides is 1. The van der Waals surface area contributed by atoms with Crippen molar-refractivity contribution in [2.45, 2.75) is 52.1 Å². The van der Waals surface area contributed by atoms with Crippen LogP contribution in [-0.2, 0) is 11.2 Å². The van der Waals surface area contributed by atoms with Gasteiger partial charge in [0.1, 0.15) is 6.04 Å². The van der Waals surface area contributed by atoms with Gasteiger partial charge in [0, 0.05) is 12.6 Å². The molecule has 0 saturated heterocycles. The molecule has 0 radical (unpaired) electrons. The van der Waals surface area contributed by atoms with Crippen LogP contribution in [0.25, 0.3) is 0 Å². The van der Waals surface area contributed by atoms with Gasteiger partial charge >= 0.3 is 0 Å². The quantitative estimate of drug-likeness (QED) is 0.908. The van der Waals surface area contributed by atoms with Gasteiger partial charge in [0.25, 0.3) is 0 Å². The molecule has 120 valence electrons. The third kappa shape index (κ3) is 2.60. The van der Waals surface area contributed by atoms with E-state index in [-0.39, 0.29) is 11.9 Å². The predicted octanol–water partition coefficient (Wildman–Crippen LogP) is 2.88. The molecule has 2 unspecified atom stereocenters. The summed E-state index contributed by atoms with van der Waals surface area (Å²) in [6.07, 6.45) is 3.45. The second-order valence-electron chi connectivity index (χ2n) is 6.52. The monoisotopic (exact) mass is 301 g/mol. The van der Waals surface area contributed by atoms with Crippen LogP contribution in [0.15, 0.2) is 18.2 Å². The third-order valence-corrected chi connectivity index (χ3v) is 4.91. The third-order valence-electron chi connectivity index (χ3n) is 4.91. The lowest BCUT2D eigenvalue weighted by Gasteiger charge is -2.46. The SMILES string of the molecule is CCCN(CCC)C1Cc2cccc3c2N(C1)C(C)C(=O)N3. The van der Waals surface area contributed by atoms with Crippen LogP contribution in [0, 0.1) is 0 Å². The van der Waals surface area contributed by atoms with E-state index in [2.05, 4.69) is 41.1 Å². The van der Waals surface area contributed by atoms with E-state index in [1.807, 2.05) is 13.0 Å². The van der Waals surface area contributed by atoms with Crippen LogP contribution in [0.4, 0.5) is 11.4 Å². The van der Waals surface area contributed by atoms with Crippen molar-refractivity contribution in [3.63, 3.8) is 0 Å². The zero-order valence-electron chi connectivity index (χ0n) is 13.9. The Morgan fingerprint density at radius 1 is 1.27 bits per heavy atom. The van der Waals surface area contributed by atoms with Crippen molar-refractivity contribution < 1.29 is 4.79 Å². The summed E-state index contributed by atoms with van der Waals surface area (Å²) >= 11 is 0. The minimum Gasteiger partial charge on any atom is -0.356 e. The average Bonchev–Trinajstić information content (AvgIpc) is 2.52. The lowest BCUT2D eigenvalue weighted by atomic mass is 9.92. The molecular formula is C18H27N3O. The topological polar surface area (TPSA) is 35.6 Å². The Morgan fingerprint density at radius 3 is 2.68 bits per heavy atom. The Morgan fingerprint density at radius 2 is 2.00 bits per heavy atom. The van der Waals surface area contributed by atoms with Crippen molar-refractivity contribution in [3.8, 4) is 0 Å². The summed E-state index contributed by atoms with van der Waals surface area (Å²) in [6, 6.07) is 6.73. The van der Waals surface area contributed by atoms with E-state index >= 15 is 0 Å². The zero-order valence-corrected chi connectivity index (χ0v) is 13.9. The molecule has 0 saturated carbocycles. The molecule has 4 nitrogen and oxygen atoms in total. The Kier molecular flexibility index (Phi) is 4.39. The molecule has 0 spiro atoms. The van der Waals surface area contributed by atoms with E-state index in [0.29, 0.717) is 6.04 Å². The number of nitrogens with zero attached hydrogens (tertiary/aromatic N) is 2. The minimum atomic E-state index is -0.0819. The first-order chi connectivity index (χ1) is 10.7. The van der Waals surface area contributed by atoms with Crippen LogP contribution in [0.3, 0.4) is 0 Å². The lowest BCUT2D eigenvalue weighted by molar-refractivity contribution is -0.117. The van der Waals surface area contributed by atoms with Crippen LogP contribution < -0.4 is 10.2 Å². The van der Waals surface area contributed by atoms with E-state index in [9.17, 15) is 4.79 Å². The van der Waals surface area contributed by atoms with E-state index in [4.69, 9.17) is 0 Å². The second-order valence-corrected chi connectivity index (χ2v) is 6.52. The number of nitrogens with one attached hydrogen (secondary N) is 1. The van der Waals surface area contributed by atoms with Gasteiger partial charge in [-0.15, -0.1) is 0 Å². The maximum absolute atomic E-state index is 12.2. The van der Waals surface area contributed by atoms with Crippen molar-refractivity contribution in [2.75, 3.05) is 29.9 Å². The number of para-hydroxylation sites is 1. The van der Waals surface area contributed by atoms with Gasteiger partial charge < -0.3 is 10.2 Å². The molecule has 2 aliphatic heterocycles. The smallest absolute Gasteiger partial charge is 0.246 e. The van der Waals surface area contributed by atoms with Crippen LogP contribution in [-0.4, -0.2) is 42.5 Å². The molecule has 4 heteroatoms. The molecule has 0 aliphatic carbocycles. The highest BCUT2D eigenvalue weighted by Crippen LogP contribution is 2.39. The molecule has 1 N–H and O–H groups in total. The number of hydrogen-bond acceptors (Lipinski definition) is 3. The van der Waals surface area contributed by atoms with Gasteiger partial charge in [0.15, 0.2) is 0 Å². The standard InChI is InChI=1S/C18H27N3O/c1-4-9-20(10-5-2)15-11-14-7-6-8-16-17(14)21(12-15)13(3)18(22)19-16/h6-8,13,15H,4-5,9-12H2,1-3H3,(H,19,22). The predicted molar refractivity (Wildman–Crippen MR) is 91.5 cm³/mol. The zero-order chi connectivity index (χ0) is 15.7. The Balaban J connectivity index is 1.93. The van der Waals surface area contributed by atoms with Gasteiger partial charge in [-0.3, -0.25) is 9.69 Å². The molecule has 22 heavy (non-hydrogen) atoms. The number of carbonyl (C=O) groups is 1. The highest BCUT2D eigenvalue weighted by molar-refractivity contribution is 6.04. The van der Waals surface area contributed by atoms with Gasteiger partial charge in [-0.1, -0.05) is 26.0 Å². The molecule has 2 atom stereocenters. The summed E-state index contributed by atoms with van der Waals surface area (Å²) in [4.78, 5) is 17.1. The highest BCUT2D eigenvalue weighted by atomic mass is 16.2. The van der Waals surface area contributed by atoms with E-state index < -0.39 is 0 Å². The van der Waals surface area contributed by atoms with Gasteiger partial charge in [-0.25, -0.2) is 0 Å². The van der Waals surface area contributed by atoms with E-state index in [1.165, 1.54) is 24.1 Å². The summed E-state index contributed by atoms with van der Waals surface area (Å²) in [5.41, 5.74) is 3.60. The maximum atomic E-state index is 12.2. The van der Waals surface area contributed by atoms with Gasteiger partial charge in [0.2, 0.25) is 5.91 Å². The van der Waals surface area contributed by atoms with Crippen molar-refractivity contribution >= 4 is 17.3 Å². The molecule has 0 fully saturated rings. The number of carbonyl (C=O) groups excluding carboxylic acids is 1. The number of benzene rings is 1. The molecule has 0 aromatic heterocycles. The first-order valence-corrected chi connectivity index (χ1v) is 8.59. The fourth-order valence-corrected chi connectivity index (χ4v) is 3.86. The van der Waals surface area contributed by atoms with Crippen molar-refractivity contribution in [2.24, 2.45) is 0 Å². The van der Waals surface area contributed by atoms with Crippen molar-refractivity contribution in [3.05, 3.63) is 23.8 Å². The molecule has 1 amide bonds. The first kappa shape index (κ1) is 15.3. The van der Waals surface area contributed by atoms with Gasteiger partial charge in [-0.2, -0.15) is 0 Å². The molecule has 1 aromatic carbocycles. The van der Waals surface area contributed by atoms with Crippen molar-refractivity contribution in [1.82, 2.24) is 4.90 Å². The van der Waals surface area contributed by atoms with Crippen LogP contribution >= 0.6 is 0 Å². The average molecular weight is 301 g/mol. The Labute approximate surface area is 133 Å². The van der Waals surface area contributed by atoms with E-state index in [1.54, 1.807) is 0 Å². The molecule has 2 aliphatic rings. The summed E-state index contributed by atoms with van der Waals surface area (Å²) in [5, 5.41) is 3.05. The summed E-state index contributed by atoms with van der Waals surface area (Å²) in [6.45, 7) is 9.74. The van der Waals surface area contributed by atoms with Crippen LogP contribution in [0.5, 0.6) is 0 Å². The second kappa shape index (κ2) is 6.29. The molecule has 2 heterocycles. The number of rotatable bonds is 5. The molecule has 1 aromatic rings. The van der Waals surface area contributed by atoms with Crippen LogP contribution in [0.1, 0.15) is 39.2 Å². The minimum absolute atomic E-state index is 0.0819.